The minimum absolute atomic E-state index is 0.564. The van der Waals surface area contributed by atoms with Gasteiger partial charge in [0.1, 0.15) is 11.5 Å². The molecule has 1 N–H and O–H groups in total. The Bertz CT molecular complexity index is 895. The molecule has 0 amide bonds. The highest BCUT2D eigenvalue weighted by atomic mass is 35.5. The molecule has 0 bridgehead atoms. The van der Waals surface area contributed by atoms with Crippen LogP contribution in [0.25, 0.3) is 0 Å². The van der Waals surface area contributed by atoms with Crippen LogP contribution in [0.5, 0.6) is 0 Å². The summed E-state index contributed by atoms with van der Waals surface area (Å²) in [4.78, 5) is 6.13. The number of benzene rings is 1. The van der Waals surface area contributed by atoms with Gasteiger partial charge in [-0.15, -0.1) is 0 Å². The number of imidazole rings is 1. The summed E-state index contributed by atoms with van der Waals surface area (Å²) in [6.45, 7) is 4.10. The molecule has 0 aliphatic heterocycles. The Morgan fingerprint density at radius 1 is 1.30 bits per heavy atom. The molecule has 0 radical (unpaired) electrons. The summed E-state index contributed by atoms with van der Waals surface area (Å²) in [7, 11) is 0. The van der Waals surface area contributed by atoms with Gasteiger partial charge in [0, 0.05) is 30.5 Å². The lowest BCUT2D eigenvalue weighted by Crippen LogP contribution is -2.35. The van der Waals surface area contributed by atoms with Crippen LogP contribution in [0.1, 0.15) is 17.9 Å². The van der Waals surface area contributed by atoms with Crippen molar-refractivity contribution in [3.05, 3.63) is 70.6 Å². The van der Waals surface area contributed by atoms with E-state index in [0.717, 1.165) is 31.0 Å². The van der Waals surface area contributed by atoms with Crippen LogP contribution in [-0.4, -0.2) is 26.1 Å². The van der Waals surface area contributed by atoms with Gasteiger partial charge in [-0.1, -0.05) is 23.2 Å². The summed E-state index contributed by atoms with van der Waals surface area (Å²) in [5.74, 6) is 1.73. The fourth-order valence-corrected chi connectivity index (χ4v) is 3.26. The van der Waals surface area contributed by atoms with Crippen LogP contribution in [0.15, 0.2) is 53.5 Å². The average molecular weight is 423 g/mol. The maximum atomic E-state index is 6.25. The number of aromatic nitrogens is 2. The van der Waals surface area contributed by atoms with Crippen molar-refractivity contribution in [2.24, 2.45) is 0 Å². The van der Waals surface area contributed by atoms with Gasteiger partial charge in [-0.3, -0.25) is 0 Å². The Morgan fingerprint density at radius 3 is 2.85 bits per heavy atom. The Hall–Kier alpha value is -2.02. The number of anilines is 1. The Morgan fingerprint density at radius 2 is 2.15 bits per heavy atom. The minimum atomic E-state index is 0.564. The standard InChI is InChI=1S/C19H20Cl2N4OS/c1-14-3-5-16(26-14)12-25(9-2-8-24-10-7-22-13-24)19(27)23-18-11-15(20)4-6-17(18)21/h3-7,10-11,13H,2,8-9,12H2,1H3,(H,23,27). The van der Waals surface area contributed by atoms with Gasteiger partial charge in [0.25, 0.3) is 0 Å². The Kier molecular flexibility index (Phi) is 6.77. The van der Waals surface area contributed by atoms with E-state index in [1.165, 1.54) is 0 Å². The highest BCUT2D eigenvalue weighted by Gasteiger charge is 2.14. The molecule has 0 spiro atoms. The molecular formula is C19H20Cl2N4OS. The first kappa shape index (κ1) is 19.7. The normalized spacial score (nSPS) is 10.8. The first-order valence-corrected chi connectivity index (χ1v) is 9.70. The molecule has 0 atom stereocenters. The van der Waals surface area contributed by atoms with Crippen molar-refractivity contribution in [1.29, 1.82) is 0 Å². The van der Waals surface area contributed by atoms with Crippen LogP contribution in [0.2, 0.25) is 10.0 Å². The minimum Gasteiger partial charge on any atom is -0.464 e. The second-order valence-corrected chi connectivity index (χ2v) is 7.37. The van der Waals surface area contributed by atoms with Crippen LogP contribution in [0, 0.1) is 6.92 Å². The van der Waals surface area contributed by atoms with Crippen molar-refractivity contribution < 1.29 is 4.42 Å². The number of thiocarbonyl (C=S) groups is 1. The first-order valence-electron chi connectivity index (χ1n) is 8.53. The van der Waals surface area contributed by atoms with E-state index in [1.807, 2.05) is 36.1 Å². The van der Waals surface area contributed by atoms with Gasteiger partial charge < -0.3 is 19.2 Å². The van der Waals surface area contributed by atoms with Crippen molar-refractivity contribution in [2.45, 2.75) is 26.4 Å². The Balaban J connectivity index is 1.68. The summed E-state index contributed by atoms with van der Waals surface area (Å²) in [6, 6.07) is 9.16. The molecule has 5 nitrogen and oxygen atoms in total. The molecule has 0 unspecified atom stereocenters. The van der Waals surface area contributed by atoms with Crippen molar-refractivity contribution in [1.82, 2.24) is 14.5 Å². The second kappa shape index (κ2) is 9.26. The molecule has 8 heteroatoms. The molecule has 0 aliphatic carbocycles. The second-order valence-electron chi connectivity index (χ2n) is 6.14. The van der Waals surface area contributed by atoms with Gasteiger partial charge in [-0.2, -0.15) is 0 Å². The number of nitrogens with zero attached hydrogens (tertiary/aromatic N) is 3. The van der Waals surface area contributed by atoms with Crippen LogP contribution in [0.4, 0.5) is 5.69 Å². The largest absolute Gasteiger partial charge is 0.464 e. The van der Waals surface area contributed by atoms with E-state index in [2.05, 4.69) is 15.2 Å². The quantitative estimate of drug-likeness (QED) is 0.517. The molecule has 27 heavy (non-hydrogen) atoms. The van der Waals surface area contributed by atoms with Crippen LogP contribution in [0.3, 0.4) is 0 Å². The van der Waals surface area contributed by atoms with Gasteiger partial charge >= 0.3 is 0 Å². The molecule has 0 saturated carbocycles. The number of nitrogens with one attached hydrogen (secondary N) is 1. The number of rotatable bonds is 7. The lowest BCUT2D eigenvalue weighted by atomic mass is 10.3. The van der Waals surface area contributed by atoms with E-state index >= 15 is 0 Å². The van der Waals surface area contributed by atoms with Gasteiger partial charge in [-0.25, -0.2) is 4.98 Å². The summed E-state index contributed by atoms with van der Waals surface area (Å²) in [5, 5.41) is 4.93. The topological polar surface area (TPSA) is 46.2 Å². The zero-order chi connectivity index (χ0) is 19.2. The summed E-state index contributed by atoms with van der Waals surface area (Å²) < 4.78 is 7.76. The summed E-state index contributed by atoms with van der Waals surface area (Å²) in [6.07, 6.45) is 6.43. The van der Waals surface area contributed by atoms with Crippen LogP contribution < -0.4 is 5.32 Å². The lowest BCUT2D eigenvalue weighted by Gasteiger charge is -2.25. The third-order valence-electron chi connectivity index (χ3n) is 4.00. The predicted octanol–water partition coefficient (Wildman–Crippen LogP) is 5.38. The zero-order valence-corrected chi connectivity index (χ0v) is 17.2. The van der Waals surface area contributed by atoms with E-state index in [0.29, 0.717) is 27.4 Å². The van der Waals surface area contributed by atoms with E-state index < -0.39 is 0 Å². The first-order chi connectivity index (χ1) is 13.0. The average Bonchev–Trinajstić information content (AvgIpc) is 3.29. The highest BCUT2D eigenvalue weighted by Crippen LogP contribution is 2.26. The fourth-order valence-electron chi connectivity index (χ4n) is 2.66. The molecule has 0 fully saturated rings. The fraction of sp³-hybridized carbons (Fsp3) is 0.263. The Labute approximate surface area is 173 Å². The van der Waals surface area contributed by atoms with Crippen molar-refractivity contribution in [3.63, 3.8) is 0 Å². The maximum Gasteiger partial charge on any atom is 0.173 e. The summed E-state index contributed by atoms with van der Waals surface area (Å²) >= 11 is 18.0. The van der Waals surface area contributed by atoms with Crippen molar-refractivity contribution in [3.8, 4) is 0 Å². The van der Waals surface area contributed by atoms with E-state index in [-0.39, 0.29) is 0 Å². The number of hydrogen-bond donors (Lipinski definition) is 1. The van der Waals surface area contributed by atoms with Crippen LogP contribution >= 0.6 is 35.4 Å². The molecular weight excluding hydrogens is 403 g/mol. The molecule has 3 rings (SSSR count). The van der Waals surface area contributed by atoms with E-state index in [4.69, 9.17) is 39.8 Å². The van der Waals surface area contributed by atoms with E-state index in [1.54, 1.807) is 24.4 Å². The van der Waals surface area contributed by atoms with Crippen LogP contribution in [-0.2, 0) is 13.1 Å². The molecule has 1 aromatic carbocycles. The molecule has 3 aromatic rings. The highest BCUT2D eigenvalue weighted by molar-refractivity contribution is 7.80. The number of furan rings is 1. The predicted molar refractivity (Wildman–Crippen MR) is 113 cm³/mol. The van der Waals surface area contributed by atoms with Gasteiger partial charge in [0.2, 0.25) is 0 Å². The SMILES string of the molecule is Cc1ccc(CN(CCCn2ccnc2)C(=S)Nc2cc(Cl)ccc2Cl)o1. The smallest absolute Gasteiger partial charge is 0.173 e. The monoisotopic (exact) mass is 422 g/mol. The third-order valence-corrected chi connectivity index (χ3v) is 4.93. The van der Waals surface area contributed by atoms with Gasteiger partial charge in [0.05, 0.1) is 23.6 Å². The molecule has 2 aromatic heterocycles. The van der Waals surface area contributed by atoms with E-state index in [9.17, 15) is 0 Å². The lowest BCUT2D eigenvalue weighted by molar-refractivity contribution is 0.348. The third kappa shape index (κ3) is 5.73. The maximum absolute atomic E-state index is 6.25. The zero-order valence-electron chi connectivity index (χ0n) is 14.9. The molecule has 2 heterocycles. The molecule has 142 valence electrons. The summed E-state index contributed by atoms with van der Waals surface area (Å²) in [5.41, 5.74) is 0.685. The number of aryl methyl sites for hydroxylation is 2. The number of halogens is 2. The van der Waals surface area contributed by atoms with Gasteiger partial charge in [-0.05, 0) is 55.9 Å². The van der Waals surface area contributed by atoms with Gasteiger partial charge in [0.15, 0.2) is 5.11 Å². The van der Waals surface area contributed by atoms with Crippen molar-refractivity contribution >= 4 is 46.2 Å². The number of hydrogen-bond acceptors (Lipinski definition) is 3. The molecule has 0 aliphatic rings. The molecule has 0 saturated heterocycles. The van der Waals surface area contributed by atoms with Crippen molar-refractivity contribution in [2.75, 3.05) is 11.9 Å².